The molecule has 0 aliphatic heterocycles. The monoisotopic (exact) mass is 411 g/mol. The first kappa shape index (κ1) is 19.7. The summed E-state index contributed by atoms with van der Waals surface area (Å²) in [6.07, 6.45) is -0.279. The average molecular weight is 411 g/mol. The molecule has 148 valence electrons. The Morgan fingerprint density at radius 3 is 2.64 bits per heavy atom. The van der Waals surface area contributed by atoms with Gasteiger partial charge in [0, 0.05) is 32.1 Å². The molecule has 2 aromatic carbocycles. The summed E-state index contributed by atoms with van der Waals surface area (Å²) < 4.78 is 59.4. The Hall–Kier alpha value is -3.05. The summed E-state index contributed by atoms with van der Waals surface area (Å²) in [6.45, 7) is -0.256. The SMILES string of the molecule is Cn1c(=O)oc2cc(S(=O)(=O)NCCC(=O)Nc3ccc(F)cc3F)ccc21. The average Bonchev–Trinajstić information content (AvgIpc) is 2.91. The first-order valence-electron chi connectivity index (χ1n) is 8.01. The van der Waals surface area contributed by atoms with E-state index in [-0.39, 0.29) is 29.1 Å². The van der Waals surface area contributed by atoms with E-state index in [2.05, 4.69) is 10.0 Å². The molecule has 0 atom stereocenters. The molecule has 28 heavy (non-hydrogen) atoms. The molecule has 0 saturated carbocycles. The van der Waals surface area contributed by atoms with E-state index < -0.39 is 33.3 Å². The quantitative estimate of drug-likeness (QED) is 0.642. The maximum Gasteiger partial charge on any atom is 0.419 e. The lowest BCUT2D eigenvalue weighted by Gasteiger charge is -2.08. The highest BCUT2D eigenvalue weighted by atomic mass is 32.2. The van der Waals surface area contributed by atoms with Gasteiger partial charge in [-0.25, -0.2) is 26.7 Å². The van der Waals surface area contributed by atoms with E-state index in [1.54, 1.807) is 0 Å². The number of hydrogen-bond acceptors (Lipinski definition) is 5. The summed E-state index contributed by atoms with van der Waals surface area (Å²) >= 11 is 0. The second-order valence-electron chi connectivity index (χ2n) is 5.88. The second kappa shape index (κ2) is 7.52. The van der Waals surface area contributed by atoms with E-state index in [0.29, 0.717) is 11.6 Å². The number of carbonyl (C=O) groups excluding carboxylic acids is 1. The topological polar surface area (TPSA) is 110 Å². The van der Waals surface area contributed by atoms with Crippen LogP contribution >= 0.6 is 0 Å². The van der Waals surface area contributed by atoms with Crippen LogP contribution < -0.4 is 15.8 Å². The van der Waals surface area contributed by atoms with Crippen molar-refractivity contribution in [3.63, 3.8) is 0 Å². The molecule has 8 nitrogen and oxygen atoms in total. The van der Waals surface area contributed by atoms with Crippen LogP contribution in [0.2, 0.25) is 0 Å². The van der Waals surface area contributed by atoms with Gasteiger partial charge in [0.1, 0.15) is 11.6 Å². The van der Waals surface area contributed by atoms with E-state index in [1.807, 2.05) is 0 Å². The van der Waals surface area contributed by atoms with Gasteiger partial charge in [0.2, 0.25) is 15.9 Å². The number of nitrogens with one attached hydrogen (secondary N) is 2. The van der Waals surface area contributed by atoms with E-state index in [1.165, 1.54) is 29.8 Å². The van der Waals surface area contributed by atoms with Gasteiger partial charge in [0.25, 0.3) is 0 Å². The third kappa shape index (κ3) is 4.10. The fourth-order valence-corrected chi connectivity index (χ4v) is 3.51. The summed E-state index contributed by atoms with van der Waals surface area (Å²) in [6, 6.07) is 6.60. The maximum atomic E-state index is 13.5. The number of sulfonamides is 1. The van der Waals surface area contributed by atoms with Crippen LogP contribution in [0.4, 0.5) is 14.5 Å². The number of benzene rings is 2. The number of carbonyl (C=O) groups is 1. The largest absolute Gasteiger partial charge is 0.419 e. The second-order valence-corrected chi connectivity index (χ2v) is 7.64. The van der Waals surface area contributed by atoms with Crippen molar-refractivity contribution < 1.29 is 26.4 Å². The van der Waals surface area contributed by atoms with Crippen molar-refractivity contribution in [3.05, 3.63) is 58.6 Å². The number of fused-ring (bicyclic) bond motifs is 1. The molecule has 0 aliphatic carbocycles. The minimum absolute atomic E-state index is 0.111. The smallest absolute Gasteiger partial charge is 0.408 e. The molecule has 0 radical (unpaired) electrons. The number of nitrogens with zero attached hydrogens (tertiary/aromatic N) is 1. The maximum absolute atomic E-state index is 13.5. The van der Waals surface area contributed by atoms with Crippen molar-refractivity contribution in [2.45, 2.75) is 11.3 Å². The summed E-state index contributed by atoms with van der Waals surface area (Å²) in [7, 11) is -2.47. The molecular weight excluding hydrogens is 396 g/mol. The molecule has 0 saturated heterocycles. The van der Waals surface area contributed by atoms with Crippen molar-refractivity contribution in [3.8, 4) is 0 Å². The molecule has 0 aliphatic rings. The standard InChI is InChI=1S/C17H15F2N3O5S/c1-22-14-5-3-11(9-15(14)27-17(22)24)28(25,26)20-7-6-16(23)21-13-4-2-10(18)8-12(13)19/h2-5,8-9,20H,6-7H2,1H3,(H,21,23). The first-order chi connectivity index (χ1) is 13.2. The van der Waals surface area contributed by atoms with Crippen molar-refractivity contribution >= 4 is 32.7 Å². The Morgan fingerprint density at radius 2 is 1.93 bits per heavy atom. The third-order valence-corrected chi connectivity index (χ3v) is 5.38. The van der Waals surface area contributed by atoms with Crippen LogP contribution in [0.15, 0.2) is 50.5 Å². The molecule has 1 heterocycles. The zero-order valence-corrected chi connectivity index (χ0v) is 15.3. The van der Waals surface area contributed by atoms with E-state index >= 15 is 0 Å². The lowest BCUT2D eigenvalue weighted by molar-refractivity contribution is -0.116. The highest BCUT2D eigenvalue weighted by molar-refractivity contribution is 7.89. The van der Waals surface area contributed by atoms with Crippen molar-refractivity contribution in [1.82, 2.24) is 9.29 Å². The Bertz CT molecular complexity index is 1220. The van der Waals surface area contributed by atoms with Crippen LogP contribution in [0, 0.1) is 11.6 Å². The van der Waals surface area contributed by atoms with Gasteiger partial charge < -0.3 is 9.73 Å². The third-order valence-electron chi connectivity index (χ3n) is 3.92. The Labute approximate surface area is 157 Å². The van der Waals surface area contributed by atoms with Crippen LogP contribution in [-0.4, -0.2) is 25.4 Å². The molecule has 1 amide bonds. The van der Waals surface area contributed by atoms with Crippen LogP contribution in [0.1, 0.15) is 6.42 Å². The van der Waals surface area contributed by atoms with Gasteiger partial charge in [-0.2, -0.15) is 0 Å². The van der Waals surface area contributed by atoms with Gasteiger partial charge in [-0.05, 0) is 24.3 Å². The fourth-order valence-electron chi connectivity index (χ4n) is 2.47. The normalized spacial score (nSPS) is 11.7. The number of anilines is 1. The van der Waals surface area contributed by atoms with Gasteiger partial charge >= 0.3 is 5.76 Å². The zero-order chi connectivity index (χ0) is 20.5. The Morgan fingerprint density at radius 1 is 1.18 bits per heavy atom. The van der Waals surface area contributed by atoms with Crippen molar-refractivity contribution in [1.29, 1.82) is 0 Å². The zero-order valence-electron chi connectivity index (χ0n) is 14.5. The van der Waals surface area contributed by atoms with E-state index in [4.69, 9.17) is 4.42 Å². The lowest BCUT2D eigenvalue weighted by atomic mass is 10.3. The minimum atomic E-state index is -3.96. The Kier molecular flexibility index (Phi) is 5.29. The van der Waals surface area contributed by atoms with Crippen molar-refractivity contribution in [2.24, 2.45) is 7.05 Å². The molecule has 3 rings (SSSR count). The highest BCUT2D eigenvalue weighted by Gasteiger charge is 2.17. The van der Waals surface area contributed by atoms with Crippen LogP contribution in [0.5, 0.6) is 0 Å². The molecule has 3 aromatic rings. The van der Waals surface area contributed by atoms with Gasteiger partial charge in [-0.1, -0.05) is 0 Å². The fraction of sp³-hybridized carbons (Fsp3) is 0.176. The van der Waals surface area contributed by atoms with Crippen LogP contribution in [0.25, 0.3) is 11.1 Å². The Balaban J connectivity index is 1.63. The molecule has 1 aromatic heterocycles. The van der Waals surface area contributed by atoms with Gasteiger partial charge in [0.15, 0.2) is 5.58 Å². The number of rotatable bonds is 6. The minimum Gasteiger partial charge on any atom is -0.408 e. The lowest BCUT2D eigenvalue weighted by Crippen LogP contribution is -2.28. The molecule has 0 unspecified atom stereocenters. The highest BCUT2D eigenvalue weighted by Crippen LogP contribution is 2.18. The molecule has 0 fully saturated rings. The number of aromatic nitrogens is 1. The summed E-state index contributed by atoms with van der Waals surface area (Å²) in [4.78, 5) is 23.2. The van der Waals surface area contributed by atoms with Gasteiger partial charge in [-0.15, -0.1) is 0 Å². The van der Waals surface area contributed by atoms with Crippen molar-refractivity contribution in [2.75, 3.05) is 11.9 Å². The molecule has 0 bridgehead atoms. The number of hydrogen-bond donors (Lipinski definition) is 2. The molecule has 11 heteroatoms. The predicted octanol–water partition coefficient (Wildman–Crippen LogP) is 1.72. The van der Waals surface area contributed by atoms with E-state index in [9.17, 15) is 26.8 Å². The number of amides is 1. The number of aryl methyl sites for hydroxylation is 1. The molecule has 2 N–H and O–H groups in total. The first-order valence-corrected chi connectivity index (χ1v) is 9.50. The van der Waals surface area contributed by atoms with Gasteiger partial charge in [-0.3, -0.25) is 9.36 Å². The number of halogens is 2. The van der Waals surface area contributed by atoms with Gasteiger partial charge in [0.05, 0.1) is 16.1 Å². The summed E-state index contributed by atoms with van der Waals surface area (Å²) in [5.41, 5.74) is 0.336. The molecular formula is C17H15F2N3O5S. The van der Waals surface area contributed by atoms with E-state index in [0.717, 1.165) is 12.1 Å². The summed E-state index contributed by atoms with van der Waals surface area (Å²) in [5.74, 6) is -3.00. The van der Waals surface area contributed by atoms with Crippen LogP contribution in [0.3, 0.4) is 0 Å². The number of oxazole rings is 1. The predicted molar refractivity (Wildman–Crippen MR) is 96.2 cm³/mol. The van der Waals surface area contributed by atoms with Crippen LogP contribution in [-0.2, 0) is 21.9 Å². The summed E-state index contributed by atoms with van der Waals surface area (Å²) in [5, 5.41) is 2.23. The molecule has 0 spiro atoms.